The minimum Gasteiger partial charge on any atom is -0.469 e. The third kappa shape index (κ3) is 2.94. The normalized spacial score (nSPS) is 10.8. The third-order valence-corrected chi connectivity index (χ3v) is 3.42. The number of benzene rings is 2. The first-order chi connectivity index (χ1) is 11.5. The molecule has 1 heterocycles. The van der Waals surface area contributed by atoms with E-state index >= 15 is 0 Å². The minimum absolute atomic E-state index is 0.00705. The van der Waals surface area contributed by atoms with Crippen molar-refractivity contribution in [1.29, 1.82) is 0 Å². The molecule has 3 rings (SSSR count). The predicted molar refractivity (Wildman–Crippen MR) is 81.8 cm³/mol. The first kappa shape index (κ1) is 15.6. The Labute approximate surface area is 134 Å². The highest BCUT2D eigenvalue weighted by Gasteiger charge is 2.17. The molecule has 1 aromatic heterocycles. The van der Waals surface area contributed by atoms with E-state index in [1.807, 2.05) is 0 Å². The molecule has 0 spiro atoms. The molecule has 0 radical (unpaired) electrons. The van der Waals surface area contributed by atoms with Crippen LogP contribution in [0.5, 0.6) is 0 Å². The summed E-state index contributed by atoms with van der Waals surface area (Å²) in [5, 5.41) is 10.7. The lowest BCUT2D eigenvalue weighted by atomic mass is 10.1. The highest BCUT2D eigenvalue weighted by molar-refractivity contribution is 5.79. The topological polar surface area (TPSA) is 95.5 Å². The Bertz CT molecular complexity index is 951. The van der Waals surface area contributed by atoms with E-state index in [-0.39, 0.29) is 29.5 Å². The van der Waals surface area contributed by atoms with Gasteiger partial charge in [-0.1, -0.05) is 6.07 Å². The number of hydrogen-bond acceptors (Lipinski definition) is 6. The molecule has 0 saturated carbocycles. The lowest BCUT2D eigenvalue weighted by molar-refractivity contribution is -0.385. The van der Waals surface area contributed by atoms with Crippen molar-refractivity contribution in [2.45, 2.75) is 6.42 Å². The number of oxazole rings is 1. The Morgan fingerprint density at radius 3 is 2.79 bits per heavy atom. The average Bonchev–Trinajstić information content (AvgIpc) is 2.97. The second-order valence-electron chi connectivity index (χ2n) is 5.00. The molecule has 122 valence electrons. The summed E-state index contributed by atoms with van der Waals surface area (Å²) in [4.78, 5) is 25.5. The fourth-order valence-electron chi connectivity index (χ4n) is 2.23. The van der Waals surface area contributed by atoms with Crippen LogP contribution in [-0.2, 0) is 16.0 Å². The number of carbonyl (C=O) groups is 1. The number of non-ortho nitro benzene ring substituents is 1. The number of esters is 1. The minimum atomic E-state index is -0.800. The Balaban J connectivity index is 1.99. The lowest BCUT2D eigenvalue weighted by Gasteiger charge is -1.98. The van der Waals surface area contributed by atoms with E-state index in [0.717, 1.165) is 6.07 Å². The fraction of sp³-hybridized carbons (Fsp3) is 0.125. The predicted octanol–water partition coefficient (Wildman–Crippen LogP) is 3.26. The highest BCUT2D eigenvalue weighted by Crippen LogP contribution is 2.29. The molecule has 0 bridgehead atoms. The maximum atomic E-state index is 14.1. The monoisotopic (exact) mass is 330 g/mol. The van der Waals surface area contributed by atoms with Gasteiger partial charge in [-0.15, -0.1) is 0 Å². The van der Waals surface area contributed by atoms with Crippen LogP contribution in [0, 0.1) is 15.9 Å². The number of aromatic nitrogens is 1. The van der Waals surface area contributed by atoms with Crippen molar-refractivity contribution >= 4 is 22.8 Å². The van der Waals surface area contributed by atoms with Gasteiger partial charge < -0.3 is 9.15 Å². The molecular weight excluding hydrogens is 319 g/mol. The summed E-state index contributed by atoms with van der Waals surface area (Å²) >= 11 is 0. The maximum Gasteiger partial charge on any atom is 0.309 e. The lowest BCUT2D eigenvalue weighted by Crippen LogP contribution is -2.04. The summed E-state index contributed by atoms with van der Waals surface area (Å²) in [6.45, 7) is 0. The molecule has 0 aliphatic carbocycles. The molecule has 0 N–H and O–H groups in total. The van der Waals surface area contributed by atoms with Gasteiger partial charge in [0.25, 0.3) is 5.69 Å². The fourth-order valence-corrected chi connectivity index (χ4v) is 2.23. The summed E-state index contributed by atoms with van der Waals surface area (Å²) in [6.07, 6.45) is 0.0839. The van der Waals surface area contributed by atoms with Crippen LogP contribution in [-0.4, -0.2) is 23.0 Å². The zero-order valence-corrected chi connectivity index (χ0v) is 12.5. The molecule has 0 fully saturated rings. The van der Waals surface area contributed by atoms with E-state index in [9.17, 15) is 19.3 Å². The summed E-state index contributed by atoms with van der Waals surface area (Å²) in [7, 11) is 1.30. The van der Waals surface area contributed by atoms with Crippen molar-refractivity contribution in [2.24, 2.45) is 0 Å². The van der Waals surface area contributed by atoms with E-state index in [1.165, 1.54) is 19.2 Å². The van der Waals surface area contributed by atoms with Gasteiger partial charge >= 0.3 is 5.97 Å². The molecule has 0 unspecified atom stereocenters. The molecule has 3 aromatic rings. The van der Waals surface area contributed by atoms with E-state index < -0.39 is 10.7 Å². The summed E-state index contributed by atoms with van der Waals surface area (Å²) < 4.78 is 24.1. The second-order valence-corrected chi connectivity index (χ2v) is 5.00. The largest absolute Gasteiger partial charge is 0.469 e. The first-order valence-corrected chi connectivity index (χ1v) is 6.88. The van der Waals surface area contributed by atoms with Crippen LogP contribution >= 0.6 is 0 Å². The summed E-state index contributed by atoms with van der Waals surface area (Å²) in [6, 6.07) is 8.17. The van der Waals surface area contributed by atoms with Gasteiger partial charge in [0.15, 0.2) is 5.58 Å². The Morgan fingerprint density at radius 2 is 2.12 bits per heavy atom. The third-order valence-electron chi connectivity index (χ3n) is 3.42. The van der Waals surface area contributed by atoms with Crippen LogP contribution < -0.4 is 0 Å². The summed E-state index contributed by atoms with van der Waals surface area (Å²) in [5.74, 6) is -1.18. The van der Waals surface area contributed by atoms with Crippen molar-refractivity contribution in [3.63, 3.8) is 0 Å². The number of carbonyl (C=O) groups excluding carboxylic acids is 1. The van der Waals surface area contributed by atoms with E-state index in [4.69, 9.17) is 4.42 Å². The van der Waals surface area contributed by atoms with Crippen molar-refractivity contribution in [3.05, 3.63) is 57.9 Å². The zero-order valence-electron chi connectivity index (χ0n) is 12.5. The van der Waals surface area contributed by atoms with Gasteiger partial charge in [-0.25, -0.2) is 9.37 Å². The second kappa shape index (κ2) is 6.07. The van der Waals surface area contributed by atoms with Gasteiger partial charge in [0.1, 0.15) is 11.3 Å². The molecule has 0 saturated heterocycles. The van der Waals surface area contributed by atoms with Crippen molar-refractivity contribution < 1.29 is 23.3 Å². The number of nitrogens with zero attached hydrogens (tertiary/aromatic N) is 2. The Morgan fingerprint density at radius 1 is 1.33 bits per heavy atom. The van der Waals surface area contributed by atoms with Gasteiger partial charge in [0.2, 0.25) is 5.89 Å². The van der Waals surface area contributed by atoms with E-state index in [0.29, 0.717) is 16.7 Å². The number of hydrogen-bond donors (Lipinski definition) is 0. The van der Waals surface area contributed by atoms with Crippen LogP contribution in [0.25, 0.3) is 22.6 Å². The highest BCUT2D eigenvalue weighted by atomic mass is 19.1. The zero-order chi connectivity index (χ0) is 17.3. The quantitative estimate of drug-likeness (QED) is 0.414. The van der Waals surface area contributed by atoms with Crippen LogP contribution in [0.3, 0.4) is 0 Å². The smallest absolute Gasteiger partial charge is 0.309 e. The van der Waals surface area contributed by atoms with Crippen LogP contribution in [0.2, 0.25) is 0 Å². The Hall–Kier alpha value is -3.29. The summed E-state index contributed by atoms with van der Waals surface area (Å²) in [5.41, 5.74) is 1.21. The Kier molecular flexibility index (Phi) is 3.95. The van der Waals surface area contributed by atoms with Gasteiger partial charge in [0, 0.05) is 6.07 Å². The average molecular weight is 330 g/mol. The maximum absolute atomic E-state index is 14.1. The van der Waals surface area contributed by atoms with Crippen molar-refractivity contribution in [1.82, 2.24) is 4.98 Å². The van der Waals surface area contributed by atoms with Crippen molar-refractivity contribution in [2.75, 3.05) is 7.11 Å². The molecule has 7 nitrogen and oxygen atoms in total. The van der Waals surface area contributed by atoms with Gasteiger partial charge in [-0.2, -0.15) is 0 Å². The number of halogens is 1. The van der Waals surface area contributed by atoms with Crippen LogP contribution in [0.1, 0.15) is 5.56 Å². The van der Waals surface area contributed by atoms with Crippen molar-refractivity contribution in [3.8, 4) is 11.5 Å². The van der Waals surface area contributed by atoms with Crippen LogP contribution in [0.15, 0.2) is 40.8 Å². The van der Waals surface area contributed by atoms with Crippen LogP contribution in [0.4, 0.5) is 10.1 Å². The standard InChI is InChI=1S/C16H11FN2O5/c1-23-15(20)7-9-2-5-14-13(6-9)18-16(24-14)11-4-3-10(19(21)22)8-12(11)17/h2-6,8H,7H2,1H3. The molecule has 24 heavy (non-hydrogen) atoms. The SMILES string of the molecule is COC(=O)Cc1ccc2oc(-c3ccc([N+](=O)[O-])cc3F)nc2c1. The number of nitro groups is 1. The molecule has 0 atom stereocenters. The number of rotatable bonds is 4. The number of methoxy groups -OCH3 is 1. The van der Waals surface area contributed by atoms with E-state index in [1.54, 1.807) is 18.2 Å². The van der Waals surface area contributed by atoms with Gasteiger partial charge in [-0.05, 0) is 23.8 Å². The molecule has 0 aliphatic heterocycles. The molecule has 2 aromatic carbocycles. The molecule has 0 amide bonds. The number of fused-ring (bicyclic) bond motifs is 1. The number of nitro benzene ring substituents is 1. The van der Waals surface area contributed by atoms with Gasteiger partial charge in [0.05, 0.1) is 30.1 Å². The molecular formula is C16H11FN2O5. The first-order valence-electron chi connectivity index (χ1n) is 6.88. The van der Waals surface area contributed by atoms with E-state index in [2.05, 4.69) is 9.72 Å². The van der Waals surface area contributed by atoms with Gasteiger partial charge in [-0.3, -0.25) is 14.9 Å². The molecule has 0 aliphatic rings. The number of ether oxygens (including phenoxy) is 1. The molecule has 8 heteroatoms.